The Kier molecular flexibility index (Phi) is 5.86. The molecule has 2 aromatic carbocycles. The number of hydrogen-bond acceptors (Lipinski definition) is 4. The van der Waals surface area contributed by atoms with Crippen molar-refractivity contribution in [2.75, 3.05) is 41.8 Å². The number of anilines is 3. The summed E-state index contributed by atoms with van der Waals surface area (Å²) in [5.41, 5.74) is 3.40. The number of carbonyl (C=O) groups is 2. The lowest BCUT2D eigenvalue weighted by Gasteiger charge is -2.30. The normalized spacial score (nSPS) is 14.0. The molecule has 0 spiro atoms. The first-order valence-corrected chi connectivity index (χ1v) is 8.70. The van der Waals surface area contributed by atoms with Crippen molar-refractivity contribution in [3.63, 3.8) is 0 Å². The van der Waals surface area contributed by atoms with Crippen LogP contribution in [0.1, 0.15) is 12.0 Å². The van der Waals surface area contributed by atoms with Gasteiger partial charge in [-0.1, -0.05) is 24.3 Å². The summed E-state index contributed by atoms with van der Waals surface area (Å²) >= 11 is 0. The standard InChI is InChI=1S/C20H23N3O3/c1-15-5-4-6-16(13-15)21-19(24)14-20(25)22-17-7-2-3-8-18(17)23-9-11-26-12-10-23/h2-8,13H,9-12,14H2,1H3,(H,21,24)(H,22,25). The van der Waals surface area contributed by atoms with Crippen molar-refractivity contribution in [1.82, 2.24) is 0 Å². The molecular formula is C20H23N3O3. The molecule has 0 unspecified atom stereocenters. The van der Waals surface area contributed by atoms with Gasteiger partial charge in [0.2, 0.25) is 11.8 Å². The second-order valence-electron chi connectivity index (χ2n) is 6.26. The van der Waals surface area contributed by atoms with Crippen LogP contribution in [0.15, 0.2) is 48.5 Å². The first-order chi connectivity index (χ1) is 12.6. The van der Waals surface area contributed by atoms with E-state index in [4.69, 9.17) is 4.74 Å². The van der Waals surface area contributed by atoms with Crippen LogP contribution >= 0.6 is 0 Å². The number of hydrogen-bond donors (Lipinski definition) is 2. The Morgan fingerprint density at radius 2 is 1.73 bits per heavy atom. The maximum atomic E-state index is 12.3. The molecule has 1 aliphatic heterocycles. The number of rotatable bonds is 5. The van der Waals surface area contributed by atoms with Crippen LogP contribution in [0, 0.1) is 6.92 Å². The van der Waals surface area contributed by atoms with Gasteiger partial charge < -0.3 is 20.3 Å². The zero-order valence-corrected chi connectivity index (χ0v) is 14.8. The summed E-state index contributed by atoms with van der Waals surface area (Å²) in [5, 5.41) is 5.60. The Labute approximate surface area is 153 Å². The molecule has 2 aromatic rings. The summed E-state index contributed by atoms with van der Waals surface area (Å²) in [6.07, 6.45) is -0.231. The SMILES string of the molecule is Cc1cccc(NC(=O)CC(=O)Nc2ccccc2N2CCOCC2)c1. The molecule has 26 heavy (non-hydrogen) atoms. The number of para-hydroxylation sites is 2. The van der Waals surface area contributed by atoms with E-state index in [9.17, 15) is 9.59 Å². The minimum absolute atomic E-state index is 0.231. The topological polar surface area (TPSA) is 70.7 Å². The predicted octanol–water partition coefficient (Wildman–Crippen LogP) is 2.80. The monoisotopic (exact) mass is 353 g/mol. The summed E-state index contributed by atoms with van der Waals surface area (Å²) < 4.78 is 5.38. The molecule has 6 heteroatoms. The Morgan fingerprint density at radius 1 is 1.00 bits per heavy atom. The lowest BCUT2D eigenvalue weighted by atomic mass is 10.2. The third-order valence-corrected chi connectivity index (χ3v) is 4.15. The summed E-state index contributed by atoms with van der Waals surface area (Å²) in [4.78, 5) is 26.6. The van der Waals surface area contributed by atoms with Crippen molar-refractivity contribution in [2.24, 2.45) is 0 Å². The molecule has 0 radical (unpaired) electrons. The van der Waals surface area contributed by atoms with Gasteiger partial charge in [-0.2, -0.15) is 0 Å². The van der Waals surface area contributed by atoms with Gasteiger partial charge in [-0.15, -0.1) is 0 Å². The molecule has 2 N–H and O–H groups in total. The molecular weight excluding hydrogens is 330 g/mol. The summed E-state index contributed by atoms with van der Waals surface area (Å²) in [6, 6.07) is 15.1. The number of nitrogens with one attached hydrogen (secondary N) is 2. The van der Waals surface area contributed by atoms with E-state index in [1.165, 1.54) is 0 Å². The molecule has 1 aliphatic rings. The van der Waals surface area contributed by atoms with E-state index in [0.29, 0.717) is 24.6 Å². The maximum absolute atomic E-state index is 12.3. The third kappa shape index (κ3) is 4.83. The van der Waals surface area contributed by atoms with E-state index < -0.39 is 0 Å². The Bertz CT molecular complexity index is 785. The summed E-state index contributed by atoms with van der Waals surface area (Å²) in [5.74, 6) is -0.673. The van der Waals surface area contributed by atoms with Gasteiger partial charge in [0, 0.05) is 18.8 Å². The molecule has 0 bridgehead atoms. The van der Waals surface area contributed by atoms with E-state index in [1.807, 2.05) is 49.4 Å². The molecule has 6 nitrogen and oxygen atoms in total. The van der Waals surface area contributed by atoms with Crippen molar-refractivity contribution in [3.05, 3.63) is 54.1 Å². The van der Waals surface area contributed by atoms with Gasteiger partial charge in [0.15, 0.2) is 0 Å². The van der Waals surface area contributed by atoms with Crippen molar-refractivity contribution < 1.29 is 14.3 Å². The molecule has 0 atom stereocenters. The highest BCUT2D eigenvalue weighted by Crippen LogP contribution is 2.26. The van der Waals surface area contributed by atoms with Crippen LogP contribution in [0.3, 0.4) is 0 Å². The van der Waals surface area contributed by atoms with Crippen LogP contribution in [0.2, 0.25) is 0 Å². The number of carbonyl (C=O) groups excluding carboxylic acids is 2. The van der Waals surface area contributed by atoms with Crippen LogP contribution in [-0.4, -0.2) is 38.1 Å². The minimum atomic E-state index is -0.337. The van der Waals surface area contributed by atoms with Gasteiger partial charge in [0.1, 0.15) is 6.42 Å². The first kappa shape index (κ1) is 17.9. The van der Waals surface area contributed by atoms with E-state index in [2.05, 4.69) is 15.5 Å². The number of benzene rings is 2. The molecule has 0 saturated carbocycles. The maximum Gasteiger partial charge on any atom is 0.233 e. The van der Waals surface area contributed by atoms with Gasteiger partial charge in [-0.05, 0) is 36.8 Å². The third-order valence-electron chi connectivity index (χ3n) is 4.15. The first-order valence-electron chi connectivity index (χ1n) is 8.70. The number of ether oxygens (including phenoxy) is 1. The highest BCUT2D eigenvalue weighted by atomic mass is 16.5. The van der Waals surface area contributed by atoms with Crippen LogP contribution < -0.4 is 15.5 Å². The molecule has 0 aromatic heterocycles. The molecule has 1 heterocycles. The fourth-order valence-electron chi connectivity index (χ4n) is 2.93. The average Bonchev–Trinajstić information content (AvgIpc) is 2.62. The largest absolute Gasteiger partial charge is 0.378 e. The van der Waals surface area contributed by atoms with Crippen LogP contribution in [0.5, 0.6) is 0 Å². The van der Waals surface area contributed by atoms with Crippen molar-refractivity contribution in [2.45, 2.75) is 13.3 Å². The van der Waals surface area contributed by atoms with E-state index in [0.717, 1.165) is 24.3 Å². The zero-order valence-electron chi connectivity index (χ0n) is 14.8. The number of morpholine rings is 1. The Hall–Kier alpha value is -2.86. The number of amides is 2. The zero-order chi connectivity index (χ0) is 18.4. The van der Waals surface area contributed by atoms with Crippen LogP contribution in [-0.2, 0) is 14.3 Å². The highest BCUT2D eigenvalue weighted by Gasteiger charge is 2.17. The van der Waals surface area contributed by atoms with Crippen LogP contribution in [0.25, 0.3) is 0 Å². The number of nitrogens with zero attached hydrogens (tertiary/aromatic N) is 1. The molecule has 2 amide bonds. The van der Waals surface area contributed by atoms with Crippen LogP contribution in [0.4, 0.5) is 17.1 Å². The van der Waals surface area contributed by atoms with Crippen molar-refractivity contribution >= 4 is 28.9 Å². The minimum Gasteiger partial charge on any atom is -0.378 e. The van der Waals surface area contributed by atoms with E-state index in [1.54, 1.807) is 6.07 Å². The van der Waals surface area contributed by atoms with Gasteiger partial charge in [-0.25, -0.2) is 0 Å². The second kappa shape index (κ2) is 8.49. The number of aryl methyl sites for hydroxylation is 1. The smallest absolute Gasteiger partial charge is 0.233 e. The molecule has 0 aliphatic carbocycles. The fourth-order valence-corrected chi connectivity index (χ4v) is 2.93. The quantitative estimate of drug-likeness (QED) is 0.811. The lowest BCUT2D eigenvalue weighted by molar-refractivity contribution is -0.123. The predicted molar refractivity (Wildman–Crippen MR) is 103 cm³/mol. The molecule has 3 rings (SSSR count). The van der Waals surface area contributed by atoms with Crippen molar-refractivity contribution in [1.29, 1.82) is 0 Å². The Morgan fingerprint density at radius 3 is 2.50 bits per heavy atom. The molecule has 136 valence electrons. The Balaban J connectivity index is 1.60. The lowest BCUT2D eigenvalue weighted by Crippen LogP contribution is -2.36. The van der Waals surface area contributed by atoms with E-state index in [-0.39, 0.29) is 18.2 Å². The molecule has 1 saturated heterocycles. The summed E-state index contributed by atoms with van der Waals surface area (Å²) in [6.45, 7) is 4.84. The van der Waals surface area contributed by atoms with Gasteiger partial charge in [0.25, 0.3) is 0 Å². The summed E-state index contributed by atoms with van der Waals surface area (Å²) in [7, 11) is 0. The second-order valence-corrected chi connectivity index (χ2v) is 6.26. The van der Waals surface area contributed by atoms with Gasteiger partial charge in [-0.3, -0.25) is 9.59 Å². The van der Waals surface area contributed by atoms with Crippen molar-refractivity contribution in [3.8, 4) is 0 Å². The average molecular weight is 353 g/mol. The highest BCUT2D eigenvalue weighted by molar-refractivity contribution is 6.08. The fraction of sp³-hybridized carbons (Fsp3) is 0.300. The van der Waals surface area contributed by atoms with E-state index >= 15 is 0 Å². The van der Waals surface area contributed by atoms with Gasteiger partial charge >= 0.3 is 0 Å². The molecule has 1 fully saturated rings. The van der Waals surface area contributed by atoms with Gasteiger partial charge in [0.05, 0.1) is 24.6 Å².